The molecule has 1 saturated heterocycles. The maximum atomic E-state index is 14.1. The lowest BCUT2D eigenvalue weighted by atomic mass is 10.0. The molecular weight excluding hydrogens is 316 g/mol. The van der Waals surface area contributed by atoms with Gasteiger partial charge in [0, 0.05) is 24.3 Å². The second kappa shape index (κ2) is 6.32. The zero-order valence-electron chi connectivity index (χ0n) is 13.5. The van der Waals surface area contributed by atoms with Crippen molar-refractivity contribution in [2.24, 2.45) is 0 Å². The summed E-state index contributed by atoms with van der Waals surface area (Å²) in [5.74, 6) is -1.58. The number of amides is 1. The zero-order chi connectivity index (χ0) is 17.4. The number of nitrogens with zero attached hydrogens (tertiary/aromatic N) is 3. The van der Waals surface area contributed by atoms with Crippen LogP contribution in [0.2, 0.25) is 0 Å². The van der Waals surface area contributed by atoms with Crippen LogP contribution in [0.1, 0.15) is 48.4 Å². The lowest BCUT2D eigenvalue weighted by Crippen LogP contribution is -2.32. The number of aliphatic hydroxyl groups is 1. The zero-order valence-corrected chi connectivity index (χ0v) is 13.5. The average molecular weight is 335 g/mol. The summed E-state index contributed by atoms with van der Waals surface area (Å²) in [6, 6.07) is 2.57. The highest BCUT2D eigenvalue weighted by atomic mass is 19.1. The third-order valence-corrected chi connectivity index (χ3v) is 4.27. The van der Waals surface area contributed by atoms with Gasteiger partial charge in [-0.2, -0.15) is 0 Å². The predicted molar refractivity (Wildman–Crippen MR) is 83.4 cm³/mol. The van der Waals surface area contributed by atoms with E-state index in [2.05, 4.69) is 4.98 Å². The van der Waals surface area contributed by atoms with Crippen molar-refractivity contribution in [3.8, 4) is 0 Å². The summed E-state index contributed by atoms with van der Waals surface area (Å²) in [6.45, 7) is 3.98. The van der Waals surface area contributed by atoms with Crippen molar-refractivity contribution in [1.82, 2.24) is 14.5 Å². The number of benzene rings is 1. The molecule has 3 rings (SSSR count). The van der Waals surface area contributed by atoms with Crippen LogP contribution in [0, 0.1) is 11.6 Å². The Bertz CT molecular complexity index is 760. The Labute approximate surface area is 138 Å². The first kappa shape index (κ1) is 16.6. The topological polar surface area (TPSA) is 58.4 Å². The lowest BCUT2D eigenvalue weighted by molar-refractivity contribution is 0.0708. The number of halogens is 2. The van der Waals surface area contributed by atoms with Gasteiger partial charge in [0.25, 0.3) is 5.91 Å². The van der Waals surface area contributed by atoms with Gasteiger partial charge in [0.05, 0.1) is 18.5 Å². The van der Waals surface area contributed by atoms with E-state index in [1.54, 1.807) is 17.1 Å². The van der Waals surface area contributed by atoms with E-state index >= 15 is 0 Å². The molecule has 1 N–H and O–H groups in total. The van der Waals surface area contributed by atoms with E-state index in [1.807, 2.05) is 13.8 Å². The monoisotopic (exact) mass is 335 g/mol. The predicted octanol–water partition coefficient (Wildman–Crippen LogP) is 2.69. The van der Waals surface area contributed by atoms with Gasteiger partial charge in [-0.05, 0) is 38.5 Å². The van der Waals surface area contributed by atoms with E-state index in [1.165, 1.54) is 4.90 Å². The van der Waals surface area contributed by atoms with Crippen molar-refractivity contribution in [1.29, 1.82) is 0 Å². The fourth-order valence-electron chi connectivity index (χ4n) is 2.98. The molecular formula is C17H19F2N3O2. The molecule has 2 atom stereocenters. The van der Waals surface area contributed by atoms with Gasteiger partial charge in [-0.3, -0.25) is 4.79 Å². The molecule has 0 aliphatic carbocycles. The molecule has 2 aromatic rings. The molecule has 2 heterocycles. The number of hydrogen-bond donors (Lipinski definition) is 1. The van der Waals surface area contributed by atoms with E-state index in [0.717, 1.165) is 18.2 Å². The molecule has 1 aliphatic rings. The molecule has 0 radical (unpaired) electrons. The lowest BCUT2D eigenvalue weighted by Gasteiger charge is -2.24. The minimum absolute atomic E-state index is 0.0635. The van der Waals surface area contributed by atoms with Gasteiger partial charge in [-0.25, -0.2) is 13.8 Å². The Morgan fingerprint density at radius 3 is 2.79 bits per heavy atom. The Balaban J connectivity index is 1.92. The normalized spacial score (nSPS) is 20.8. The molecule has 0 unspecified atom stereocenters. The Hall–Kier alpha value is -2.28. The van der Waals surface area contributed by atoms with Crippen molar-refractivity contribution in [2.45, 2.75) is 38.5 Å². The number of hydrogen-bond acceptors (Lipinski definition) is 3. The second-order valence-corrected chi connectivity index (χ2v) is 6.33. The second-order valence-electron chi connectivity index (χ2n) is 6.33. The van der Waals surface area contributed by atoms with Gasteiger partial charge in [0.15, 0.2) is 0 Å². The highest BCUT2D eigenvalue weighted by Gasteiger charge is 2.38. The molecule has 5 nitrogen and oxygen atoms in total. The molecule has 0 spiro atoms. The first-order valence-corrected chi connectivity index (χ1v) is 7.84. The van der Waals surface area contributed by atoms with Gasteiger partial charge in [0.1, 0.15) is 17.3 Å². The first-order chi connectivity index (χ1) is 11.4. The van der Waals surface area contributed by atoms with E-state index in [4.69, 9.17) is 0 Å². The smallest absolute Gasteiger partial charge is 0.274 e. The Morgan fingerprint density at radius 1 is 1.38 bits per heavy atom. The summed E-state index contributed by atoms with van der Waals surface area (Å²) in [6.07, 6.45) is 2.56. The highest BCUT2D eigenvalue weighted by Crippen LogP contribution is 2.35. The maximum Gasteiger partial charge on any atom is 0.274 e. The molecule has 1 aliphatic heterocycles. The van der Waals surface area contributed by atoms with Gasteiger partial charge < -0.3 is 14.6 Å². The summed E-state index contributed by atoms with van der Waals surface area (Å²) in [5, 5.41) is 9.95. The van der Waals surface area contributed by atoms with Crippen molar-refractivity contribution in [2.75, 3.05) is 6.54 Å². The summed E-state index contributed by atoms with van der Waals surface area (Å²) < 4.78 is 29.4. The van der Waals surface area contributed by atoms with Crippen LogP contribution in [0.25, 0.3) is 0 Å². The van der Waals surface area contributed by atoms with Gasteiger partial charge in [0.2, 0.25) is 0 Å². The van der Waals surface area contributed by atoms with Crippen LogP contribution in [-0.2, 0) is 0 Å². The summed E-state index contributed by atoms with van der Waals surface area (Å²) in [5.41, 5.74) is 0.294. The number of β-amino-alcohol motifs (C(OH)–C–C–N with tert-alkyl or cyclic N) is 1. The number of aliphatic hydroxyl groups excluding tert-OH is 1. The van der Waals surface area contributed by atoms with Crippen LogP contribution in [0.3, 0.4) is 0 Å². The molecule has 7 heteroatoms. The van der Waals surface area contributed by atoms with Crippen LogP contribution in [0.15, 0.2) is 30.7 Å². The largest absolute Gasteiger partial charge is 0.391 e. The van der Waals surface area contributed by atoms with Crippen molar-refractivity contribution < 1.29 is 18.7 Å². The molecule has 1 fully saturated rings. The third kappa shape index (κ3) is 3.03. The number of imidazole rings is 1. The summed E-state index contributed by atoms with van der Waals surface area (Å²) >= 11 is 0. The first-order valence-electron chi connectivity index (χ1n) is 7.84. The highest BCUT2D eigenvalue weighted by molar-refractivity contribution is 5.92. The number of likely N-dealkylation sites (tertiary alicyclic amines) is 1. The number of rotatable bonds is 3. The summed E-state index contributed by atoms with van der Waals surface area (Å²) in [7, 11) is 0. The number of carbonyl (C=O) groups excluding carboxylic acids is 1. The van der Waals surface area contributed by atoms with Crippen LogP contribution in [0.5, 0.6) is 0 Å². The maximum absolute atomic E-state index is 14.1. The SMILES string of the molecule is CC(C)n1cnc(C(=O)N2C[C@H](O)C[C@@H]2c2cc(F)ccc2F)c1. The molecule has 1 amide bonds. The van der Waals surface area contributed by atoms with Crippen LogP contribution in [-0.4, -0.2) is 38.1 Å². The van der Waals surface area contributed by atoms with E-state index < -0.39 is 29.7 Å². The van der Waals surface area contributed by atoms with Crippen LogP contribution >= 0.6 is 0 Å². The Kier molecular flexibility index (Phi) is 4.36. The average Bonchev–Trinajstić information content (AvgIpc) is 3.16. The molecule has 0 bridgehead atoms. The van der Waals surface area contributed by atoms with Crippen molar-refractivity contribution in [3.05, 3.63) is 53.6 Å². The Morgan fingerprint density at radius 2 is 2.12 bits per heavy atom. The minimum Gasteiger partial charge on any atom is -0.391 e. The quantitative estimate of drug-likeness (QED) is 0.938. The van der Waals surface area contributed by atoms with E-state index in [-0.39, 0.29) is 30.3 Å². The van der Waals surface area contributed by atoms with Crippen LogP contribution in [0.4, 0.5) is 8.78 Å². The number of aromatic nitrogens is 2. The fraction of sp³-hybridized carbons (Fsp3) is 0.412. The van der Waals surface area contributed by atoms with Gasteiger partial charge in [-0.1, -0.05) is 0 Å². The van der Waals surface area contributed by atoms with E-state index in [9.17, 15) is 18.7 Å². The molecule has 0 saturated carbocycles. The summed E-state index contributed by atoms with van der Waals surface area (Å²) in [4.78, 5) is 18.2. The fourth-order valence-corrected chi connectivity index (χ4v) is 2.98. The van der Waals surface area contributed by atoms with Crippen molar-refractivity contribution >= 4 is 5.91 Å². The van der Waals surface area contributed by atoms with Gasteiger partial charge in [-0.15, -0.1) is 0 Å². The standard InChI is InChI=1S/C17H19F2N3O2/c1-10(2)21-8-15(20-9-21)17(24)22-7-12(23)6-16(22)13-5-11(18)3-4-14(13)19/h3-5,8-10,12,16,23H,6-7H2,1-2H3/t12-,16-/m1/s1. The molecule has 24 heavy (non-hydrogen) atoms. The van der Waals surface area contributed by atoms with Crippen molar-refractivity contribution in [3.63, 3.8) is 0 Å². The van der Waals surface area contributed by atoms with E-state index in [0.29, 0.717) is 0 Å². The minimum atomic E-state index is -0.784. The molecule has 1 aromatic carbocycles. The molecule has 1 aromatic heterocycles. The van der Waals surface area contributed by atoms with Gasteiger partial charge >= 0.3 is 0 Å². The molecule has 128 valence electrons. The third-order valence-electron chi connectivity index (χ3n) is 4.27. The number of carbonyl (C=O) groups is 1. The van der Waals surface area contributed by atoms with Crippen LogP contribution < -0.4 is 0 Å².